The first-order chi connectivity index (χ1) is 17.9. The van der Waals surface area contributed by atoms with E-state index in [4.69, 9.17) is 22.3 Å². The number of aryl methyl sites for hydroxylation is 1. The highest BCUT2D eigenvalue weighted by Gasteiger charge is 2.27. The van der Waals surface area contributed by atoms with Gasteiger partial charge in [-0.2, -0.15) is 8.42 Å². The molecule has 0 radical (unpaired) electrons. The van der Waals surface area contributed by atoms with Crippen LogP contribution in [0.1, 0.15) is 28.8 Å². The summed E-state index contributed by atoms with van der Waals surface area (Å²) in [6, 6.07) is 8.30. The number of imidazole rings is 1. The zero-order chi connectivity index (χ0) is 27.4. The van der Waals surface area contributed by atoms with Gasteiger partial charge in [-0.1, -0.05) is 11.6 Å². The molecule has 1 saturated heterocycles. The Kier molecular flexibility index (Phi) is 6.66. The summed E-state index contributed by atoms with van der Waals surface area (Å²) < 4.78 is 44.8. The van der Waals surface area contributed by atoms with Gasteiger partial charge in [0.2, 0.25) is 5.95 Å². The lowest BCUT2D eigenvalue weighted by Gasteiger charge is -2.32. The van der Waals surface area contributed by atoms with E-state index in [-0.39, 0.29) is 29.2 Å². The molecule has 3 heterocycles. The van der Waals surface area contributed by atoms with E-state index in [9.17, 15) is 22.4 Å². The molecule has 0 saturated carbocycles. The third-order valence-corrected chi connectivity index (χ3v) is 7.43. The number of pyridine rings is 1. The molecule has 0 spiro atoms. The molecule has 10 nitrogen and oxygen atoms in total. The lowest BCUT2D eigenvalue weighted by atomic mass is 10.1. The van der Waals surface area contributed by atoms with E-state index >= 15 is 0 Å². The summed E-state index contributed by atoms with van der Waals surface area (Å²) >= 11 is 6.38. The first-order valence-corrected chi connectivity index (χ1v) is 14.0. The number of carbonyl (C=O) groups is 1. The fourth-order valence-corrected chi connectivity index (χ4v) is 5.41. The Morgan fingerprint density at radius 3 is 2.74 bits per heavy atom. The molecule has 38 heavy (non-hydrogen) atoms. The van der Waals surface area contributed by atoms with Crippen LogP contribution in [-0.4, -0.2) is 53.9 Å². The van der Waals surface area contributed by atoms with Gasteiger partial charge in [0.05, 0.1) is 23.9 Å². The molecule has 1 aliphatic rings. The van der Waals surface area contributed by atoms with Crippen LogP contribution >= 0.6 is 11.6 Å². The fourth-order valence-electron chi connectivity index (χ4n) is 4.86. The average molecular weight is 562 g/mol. The molecule has 1 atom stereocenters. The van der Waals surface area contributed by atoms with E-state index in [2.05, 4.69) is 4.18 Å². The predicted octanol–water partition coefficient (Wildman–Crippen LogP) is 2.77. The summed E-state index contributed by atoms with van der Waals surface area (Å²) in [5.74, 6) is -1.06. The zero-order valence-corrected chi connectivity index (χ0v) is 22.2. The van der Waals surface area contributed by atoms with Crippen LogP contribution in [0.2, 0.25) is 5.02 Å². The van der Waals surface area contributed by atoms with Gasteiger partial charge in [-0.25, -0.2) is 14.2 Å². The fraction of sp³-hybridized carbons (Fsp3) is 0.320. The van der Waals surface area contributed by atoms with Crippen molar-refractivity contribution in [2.24, 2.45) is 12.8 Å². The van der Waals surface area contributed by atoms with Gasteiger partial charge in [-0.05, 0) is 54.8 Å². The molecule has 2 aromatic carbocycles. The normalized spacial score (nSPS) is 16.3. The van der Waals surface area contributed by atoms with Crippen LogP contribution < -0.4 is 16.2 Å². The monoisotopic (exact) mass is 561 g/mol. The number of benzene rings is 2. The lowest BCUT2D eigenvalue weighted by molar-refractivity contribution is 0.0748. The quantitative estimate of drug-likeness (QED) is 0.368. The van der Waals surface area contributed by atoms with Crippen molar-refractivity contribution >= 4 is 55.6 Å². The van der Waals surface area contributed by atoms with Gasteiger partial charge in [0.25, 0.3) is 5.56 Å². The van der Waals surface area contributed by atoms with Crippen molar-refractivity contribution < 1.29 is 21.8 Å². The minimum absolute atomic E-state index is 0.0212. The van der Waals surface area contributed by atoms with E-state index in [0.717, 1.165) is 19.1 Å². The number of nitrogens with two attached hydrogens (primary N) is 1. The SMILES string of the molecule is Cn1c(=O)c2c(nc(N3CCC[C@@H](N)C3)n2Cc2cc(F)ccc2Cl)c2cc(C(=O)OS(C)(=O)=O)ccc21. The number of nitrogens with zero attached hydrogens (tertiary/aromatic N) is 4. The number of halogens is 2. The number of fused-ring (bicyclic) bond motifs is 3. The largest absolute Gasteiger partial charge is 0.353 e. The van der Waals surface area contributed by atoms with Crippen molar-refractivity contribution in [1.82, 2.24) is 14.1 Å². The molecular formula is C25H25ClFN5O5S. The van der Waals surface area contributed by atoms with E-state index in [1.54, 1.807) is 11.6 Å². The number of hydrogen-bond acceptors (Lipinski definition) is 8. The Morgan fingerprint density at radius 2 is 2.03 bits per heavy atom. The molecule has 5 rings (SSSR count). The number of anilines is 1. The van der Waals surface area contributed by atoms with Crippen LogP contribution in [0.4, 0.5) is 10.3 Å². The first-order valence-electron chi connectivity index (χ1n) is 11.8. The van der Waals surface area contributed by atoms with Crippen LogP contribution in [0, 0.1) is 5.82 Å². The van der Waals surface area contributed by atoms with Crippen molar-refractivity contribution in [3.05, 3.63) is 68.7 Å². The number of piperidine rings is 1. The van der Waals surface area contributed by atoms with Crippen LogP contribution in [0.3, 0.4) is 0 Å². The topological polar surface area (TPSA) is 130 Å². The number of hydrogen-bond donors (Lipinski definition) is 1. The summed E-state index contributed by atoms with van der Waals surface area (Å²) in [5.41, 5.74) is 7.33. The summed E-state index contributed by atoms with van der Waals surface area (Å²) in [5, 5.41) is 0.773. The number of carbonyl (C=O) groups excluding carboxylic acids is 1. The minimum Gasteiger partial charge on any atom is -0.341 e. The molecule has 4 aromatic rings. The van der Waals surface area contributed by atoms with E-state index in [1.165, 1.54) is 41.0 Å². The average Bonchev–Trinajstić information content (AvgIpc) is 3.23. The maximum Gasteiger partial charge on any atom is 0.353 e. The molecule has 2 N–H and O–H groups in total. The van der Waals surface area contributed by atoms with E-state index in [1.807, 2.05) is 4.90 Å². The number of aromatic nitrogens is 3. The molecular weight excluding hydrogens is 537 g/mol. The van der Waals surface area contributed by atoms with Gasteiger partial charge in [-0.15, -0.1) is 0 Å². The van der Waals surface area contributed by atoms with Crippen molar-refractivity contribution in [2.45, 2.75) is 25.4 Å². The van der Waals surface area contributed by atoms with E-state index in [0.29, 0.717) is 46.0 Å². The second kappa shape index (κ2) is 9.68. The predicted molar refractivity (Wildman–Crippen MR) is 143 cm³/mol. The van der Waals surface area contributed by atoms with E-state index < -0.39 is 21.9 Å². The Balaban J connectivity index is 1.79. The van der Waals surface area contributed by atoms with Crippen LogP contribution in [-0.2, 0) is 27.9 Å². The highest BCUT2D eigenvalue weighted by Crippen LogP contribution is 2.31. The molecule has 0 unspecified atom stereocenters. The maximum atomic E-state index is 14.1. The molecule has 0 aliphatic carbocycles. The van der Waals surface area contributed by atoms with Crippen molar-refractivity contribution in [2.75, 3.05) is 24.2 Å². The Labute approximate surface area is 222 Å². The molecule has 200 valence electrons. The highest BCUT2D eigenvalue weighted by atomic mass is 35.5. The van der Waals surface area contributed by atoms with Crippen molar-refractivity contribution in [3.63, 3.8) is 0 Å². The summed E-state index contributed by atoms with van der Waals surface area (Å²) in [6.45, 7) is 1.22. The summed E-state index contributed by atoms with van der Waals surface area (Å²) in [7, 11) is -2.45. The minimum atomic E-state index is -4.03. The highest BCUT2D eigenvalue weighted by molar-refractivity contribution is 7.86. The summed E-state index contributed by atoms with van der Waals surface area (Å²) in [6.07, 6.45) is 2.46. The third-order valence-electron chi connectivity index (χ3n) is 6.61. The Morgan fingerprint density at radius 1 is 1.26 bits per heavy atom. The van der Waals surface area contributed by atoms with Crippen LogP contribution in [0.5, 0.6) is 0 Å². The standard InChI is InChI=1S/C25H25ClFN5O5S/c1-30-20-8-5-14(24(34)37-38(2,35)36)11-18(20)21-22(23(30)33)32(12-15-10-16(27)6-7-19(15)26)25(29-21)31-9-3-4-17(28)13-31/h5-8,10-11,17H,3-4,9,12-13,28H2,1-2H3/t17-/m1/s1. The van der Waals surface area contributed by atoms with Crippen LogP contribution in [0.15, 0.2) is 41.2 Å². The molecule has 0 amide bonds. The molecule has 13 heteroatoms. The Bertz CT molecular complexity index is 1770. The maximum absolute atomic E-state index is 14.1. The molecule has 1 aliphatic heterocycles. The molecule has 2 aromatic heterocycles. The summed E-state index contributed by atoms with van der Waals surface area (Å²) in [4.78, 5) is 33.0. The Hall–Kier alpha value is -3.48. The van der Waals surface area contributed by atoms with Crippen molar-refractivity contribution in [3.8, 4) is 0 Å². The smallest absolute Gasteiger partial charge is 0.341 e. The molecule has 0 bridgehead atoms. The lowest BCUT2D eigenvalue weighted by Crippen LogP contribution is -2.44. The van der Waals surface area contributed by atoms with Gasteiger partial charge in [0.15, 0.2) is 0 Å². The van der Waals surface area contributed by atoms with Gasteiger partial charge < -0.3 is 24.0 Å². The third kappa shape index (κ3) is 4.86. The zero-order valence-electron chi connectivity index (χ0n) is 20.6. The van der Waals surface area contributed by atoms with Gasteiger partial charge in [0, 0.05) is 36.6 Å². The van der Waals surface area contributed by atoms with Crippen molar-refractivity contribution in [1.29, 1.82) is 0 Å². The molecule has 1 fully saturated rings. The van der Waals surface area contributed by atoms with Gasteiger partial charge in [-0.3, -0.25) is 4.79 Å². The second-order valence-electron chi connectivity index (χ2n) is 9.45. The van der Waals surface area contributed by atoms with Crippen LogP contribution in [0.25, 0.3) is 21.9 Å². The first kappa shape index (κ1) is 26.1. The second-order valence-corrected chi connectivity index (χ2v) is 11.4. The number of rotatable bonds is 5. The van der Waals surface area contributed by atoms with Gasteiger partial charge >= 0.3 is 16.1 Å². The van der Waals surface area contributed by atoms with Gasteiger partial charge in [0.1, 0.15) is 16.9 Å².